The Bertz CT molecular complexity index is 862. The second-order valence-electron chi connectivity index (χ2n) is 16.2. The highest BCUT2D eigenvalue weighted by atomic mass is 16.3. The number of aliphatic hydroxyl groups excluding tert-OH is 2. The van der Waals surface area contributed by atoms with Crippen LogP contribution in [-0.2, 0) is 4.79 Å². The molecule has 0 aliphatic rings. The van der Waals surface area contributed by atoms with Crippen molar-refractivity contribution in [3.05, 3.63) is 48.6 Å². The van der Waals surface area contributed by atoms with Crippen LogP contribution < -0.4 is 5.32 Å². The fourth-order valence-corrected chi connectivity index (χ4v) is 7.24. The van der Waals surface area contributed by atoms with Gasteiger partial charge in [0.05, 0.1) is 18.8 Å². The quantitative estimate of drug-likeness (QED) is 0.0429. The maximum Gasteiger partial charge on any atom is 0.220 e. The summed E-state index contributed by atoms with van der Waals surface area (Å²) in [6.07, 6.45) is 62.1. The van der Waals surface area contributed by atoms with E-state index in [1.807, 2.05) is 0 Å². The lowest BCUT2D eigenvalue weighted by molar-refractivity contribution is -0.123. The van der Waals surface area contributed by atoms with Gasteiger partial charge in [-0.05, 0) is 51.4 Å². The highest BCUT2D eigenvalue weighted by Crippen LogP contribution is 2.16. The van der Waals surface area contributed by atoms with Gasteiger partial charge in [-0.2, -0.15) is 0 Å². The number of carbonyl (C=O) groups excluding carboxylic acids is 1. The van der Waals surface area contributed by atoms with Crippen molar-refractivity contribution in [1.82, 2.24) is 5.32 Å². The first kappa shape index (κ1) is 52.3. The lowest BCUT2D eigenvalue weighted by Crippen LogP contribution is -2.45. The van der Waals surface area contributed by atoms with Crippen LogP contribution >= 0.6 is 0 Å². The summed E-state index contributed by atoms with van der Waals surface area (Å²) in [6.45, 7) is 4.24. The minimum atomic E-state index is -0.657. The van der Waals surface area contributed by atoms with Crippen molar-refractivity contribution >= 4 is 5.91 Å². The monoisotopic (exact) mass is 756 g/mol. The third kappa shape index (κ3) is 41.5. The van der Waals surface area contributed by atoms with Crippen molar-refractivity contribution in [2.45, 2.75) is 257 Å². The molecule has 316 valence electrons. The van der Waals surface area contributed by atoms with Crippen LogP contribution in [0.3, 0.4) is 0 Å². The van der Waals surface area contributed by atoms with Crippen molar-refractivity contribution < 1.29 is 15.0 Å². The number of hydrogen-bond acceptors (Lipinski definition) is 3. The van der Waals surface area contributed by atoms with Gasteiger partial charge in [0, 0.05) is 6.42 Å². The molecule has 0 spiro atoms. The molecule has 0 aromatic heterocycles. The maximum atomic E-state index is 12.4. The van der Waals surface area contributed by atoms with Crippen LogP contribution in [0.5, 0.6) is 0 Å². The van der Waals surface area contributed by atoms with E-state index in [4.69, 9.17) is 0 Å². The lowest BCUT2D eigenvalue weighted by Gasteiger charge is -2.22. The summed E-state index contributed by atoms with van der Waals surface area (Å²) in [5.74, 6) is -0.0313. The highest BCUT2D eigenvalue weighted by Gasteiger charge is 2.20. The Morgan fingerprint density at radius 2 is 0.815 bits per heavy atom. The molecule has 0 aliphatic carbocycles. The fraction of sp³-hybridized carbons (Fsp3) is 0.820. The lowest BCUT2D eigenvalue weighted by atomic mass is 10.0. The maximum absolute atomic E-state index is 12.4. The van der Waals surface area contributed by atoms with E-state index in [1.165, 1.54) is 167 Å². The number of amides is 1. The Hall–Kier alpha value is -1.65. The normalized spacial score (nSPS) is 13.3. The van der Waals surface area contributed by atoms with E-state index in [9.17, 15) is 15.0 Å². The molecule has 0 aliphatic heterocycles. The molecule has 2 atom stereocenters. The second kappa shape index (κ2) is 45.7. The number of hydrogen-bond donors (Lipinski definition) is 3. The van der Waals surface area contributed by atoms with E-state index >= 15 is 0 Å². The standard InChI is InChI=1S/C50H93NO3/c1-3-5-7-9-11-13-15-16-17-18-19-20-21-22-23-24-25-26-27-28-29-30-31-32-33-34-36-38-40-42-44-46-50(54)51-48(47-52)49(53)45-43-41-39-37-35-14-12-10-8-6-4-2/h5,7,11,13,16-17,19-20,48-49,52-53H,3-4,6,8-10,12,14-15,18,21-47H2,1-2H3,(H,51,54)/b7-5-,13-11-,17-16-,20-19-. The van der Waals surface area contributed by atoms with Crippen molar-refractivity contribution in [2.24, 2.45) is 0 Å². The van der Waals surface area contributed by atoms with Gasteiger partial charge in [0.15, 0.2) is 0 Å². The Kier molecular flexibility index (Phi) is 44.3. The number of rotatable bonds is 43. The minimum absolute atomic E-state index is 0.0313. The smallest absolute Gasteiger partial charge is 0.220 e. The van der Waals surface area contributed by atoms with Gasteiger partial charge in [-0.15, -0.1) is 0 Å². The molecule has 4 heteroatoms. The minimum Gasteiger partial charge on any atom is -0.394 e. The molecular formula is C50H93NO3. The van der Waals surface area contributed by atoms with E-state index in [2.05, 4.69) is 67.8 Å². The van der Waals surface area contributed by atoms with Crippen molar-refractivity contribution in [2.75, 3.05) is 6.61 Å². The zero-order valence-corrected chi connectivity index (χ0v) is 36.2. The summed E-state index contributed by atoms with van der Waals surface area (Å²) in [4.78, 5) is 12.4. The van der Waals surface area contributed by atoms with Gasteiger partial charge in [0.1, 0.15) is 0 Å². The SMILES string of the molecule is CC/C=C\C/C=C\C/C=C\C/C=C\CCCCCCCCCCCCCCCCCCCCC(=O)NC(CO)C(O)CCCCCCCCCCCCC. The van der Waals surface area contributed by atoms with Gasteiger partial charge >= 0.3 is 0 Å². The number of carbonyl (C=O) groups is 1. The zero-order valence-electron chi connectivity index (χ0n) is 36.2. The summed E-state index contributed by atoms with van der Waals surface area (Å²) in [5.41, 5.74) is 0. The predicted molar refractivity (Wildman–Crippen MR) is 239 cm³/mol. The number of nitrogens with one attached hydrogen (secondary N) is 1. The van der Waals surface area contributed by atoms with Gasteiger partial charge in [-0.25, -0.2) is 0 Å². The van der Waals surface area contributed by atoms with E-state index < -0.39 is 12.1 Å². The van der Waals surface area contributed by atoms with Crippen LogP contribution in [0, 0.1) is 0 Å². The van der Waals surface area contributed by atoms with Crippen LogP contribution in [0.15, 0.2) is 48.6 Å². The van der Waals surface area contributed by atoms with E-state index in [-0.39, 0.29) is 12.5 Å². The summed E-state index contributed by atoms with van der Waals surface area (Å²) in [6, 6.07) is -0.534. The number of allylic oxidation sites excluding steroid dienone is 8. The van der Waals surface area contributed by atoms with Gasteiger partial charge in [0.25, 0.3) is 0 Å². The van der Waals surface area contributed by atoms with Crippen molar-refractivity contribution in [3.8, 4) is 0 Å². The summed E-state index contributed by atoms with van der Waals surface area (Å²) < 4.78 is 0. The molecule has 0 radical (unpaired) electrons. The zero-order chi connectivity index (χ0) is 39.3. The van der Waals surface area contributed by atoms with Gasteiger partial charge in [-0.1, -0.05) is 236 Å². The van der Waals surface area contributed by atoms with Crippen LogP contribution in [0.1, 0.15) is 245 Å². The van der Waals surface area contributed by atoms with Crippen LogP contribution in [0.25, 0.3) is 0 Å². The molecule has 0 saturated heterocycles. The molecule has 0 rings (SSSR count). The van der Waals surface area contributed by atoms with Crippen molar-refractivity contribution in [1.29, 1.82) is 0 Å². The third-order valence-electron chi connectivity index (χ3n) is 10.9. The Balaban J connectivity index is 3.43. The molecule has 1 amide bonds. The van der Waals surface area contributed by atoms with E-state index in [0.717, 1.165) is 51.4 Å². The Morgan fingerprint density at radius 3 is 1.22 bits per heavy atom. The van der Waals surface area contributed by atoms with Crippen LogP contribution in [0.4, 0.5) is 0 Å². The highest BCUT2D eigenvalue weighted by molar-refractivity contribution is 5.76. The summed E-state index contributed by atoms with van der Waals surface area (Å²) >= 11 is 0. The first-order chi connectivity index (χ1) is 26.7. The molecule has 0 aromatic carbocycles. The Morgan fingerprint density at radius 1 is 0.463 bits per heavy atom. The summed E-state index contributed by atoms with van der Waals surface area (Å²) in [5, 5.41) is 23.1. The van der Waals surface area contributed by atoms with Crippen LogP contribution in [-0.4, -0.2) is 34.9 Å². The third-order valence-corrected chi connectivity index (χ3v) is 10.9. The van der Waals surface area contributed by atoms with Gasteiger partial charge < -0.3 is 15.5 Å². The van der Waals surface area contributed by atoms with E-state index in [0.29, 0.717) is 12.8 Å². The molecule has 2 unspecified atom stereocenters. The molecule has 0 heterocycles. The molecule has 54 heavy (non-hydrogen) atoms. The summed E-state index contributed by atoms with van der Waals surface area (Å²) in [7, 11) is 0. The molecule has 0 aromatic rings. The van der Waals surface area contributed by atoms with Gasteiger partial charge in [-0.3, -0.25) is 4.79 Å². The molecular weight excluding hydrogens is 663 g/mol. The first-order valence-corrected chi connectivity index (χ1v) is 23.8. The predicted octanol–water partition coefficient (Wildman–Crippen LogP) is 15.1. The van der Waals surface area contributed by atoms with Crippen LogP contribution in [0.2, 0.25) is 0 Å². The topological polar surface area (TPSA) is 69.6 Å². The van der Waals surface area contributed by atoms with E-state index in [1.54, 1.807) is 0 Å². The first-order valence-electron chi connectivity index (χ1n) is 23.8. The second-order valence-corrected chi connectivity index (χ2v) is 16.2. The largest absolute Gasteiger partial charge is 0.394 e. The Labute approximate surface area is 337 Å². The molecule has 0 bridgehead atoms. The molecule has 0 fully saturated rings. The molecule has 0 saturated carbocycles. The van der Waals surface area contributed by atoms with Gasteiger partial charge in [0.2, 0.25) is 5.91 Å². The molecule has 3 N–H and O–H groups in total. The number of unbranched alkanes of at least 4 members (excludes halogenated alkanes) is 28. The fourth-order valence-electron chi connectivity index (χ4n) is 7.24. The number of aliphatic hydroxyl groups is 2. The average molecular weight is 756 g/mol. The average Bonchev–Trinajstić information content (AvgIpc) is 3.18. The molecule has 4 nitrogen and oxygen atoms in total. The van der Waals surface area contributed by atoms with Crippen molar-refractivity contribution in [3.63, 3.8) is 0 Å².